The first kappa shape index (κ1) is 26.0. The number of carbonyl (C=O) groups excluding carboxylic acids is 1. The zero-order valence-corrected chi connectivity index (χ0v) is 21.8. The third-order valence-corrected chi connectivity index (χ3v) is 7.52. The Morgan fingerprint density at radius 2 is 1.95 bits per heavy atom. The van der Waals surface area contributed by atoms with E-state index in [0.717, 1.165) is 16.7 Å². The highest BCUT2D eigenvalue weighted by Crippen LogP contribution is 2.43. The molecule has 2 aromatic carbocycles. The summed E-state index contributed by atoms with van der Waals surface area (Å²) in [5.74, 6) is 0.397. The fraction of sp³-hybridized carbons (Fsp3) is 0.296. The molecule has 1 aliphatic rings. The quantitative estimate of drug-likeness (QED) is 0.325. The highest BCUT2D eigenvalue weighted by atomic mass is 32.2. The van der Waals surface area contributed by atoms with Crippen LogP contribution in [0.3, 0.4) is 0 Å². The van der Waals surface area contributed by atoms with Crippen LogP contribution in [0.5, 0.6) is 0 Å². The lowest BCUT2D eigenvalue weighted by Crippen LogP contribution is -2.38. The Hall–Kier alpha value is -3.64. The lowest BCUT2D eigenvalue weighted by Gasteiger charge is -2.41. The van der Waals surface area contributed by atoms with Crippen molar-refractivity contribution in [3.05, 3.63) is 95.3 Å². The number of aryl methyl sites for hydroxylation is 1. The van der Waals surface area contributed by atoms with E-state index in [1.165, 1.54) is 18.0 Å². The molecule has 2 aromatic heterocycles. The number of aliphatic hydroxyl groups excluding tert-OH is 1. The largest absolute Gasteiger partial charge is 0.392 e. The Morgan fingerprint density at radius 1 is 1.11 bits per heavy atom. The zero-order chi connectivity index (χ0) is 26.5. The van der Waals surface area contributed by atoms with Crippen LogP contribution in [0.25, 0.3) is 0 Å². The molecule has 1 fully saturated rings. The van der Waals surface area contributed by atoms with Crippen molar-refractivity contribution in [3.8, 4) is 0 Å². The molecule has 10 nitrogen and oxygen atoms in total. The fourth-order valence-electron chi connectivity index (χ4n) is 4.27. The Balaban J connectivity index is 1.39. The number of rotatable bonds is 8. The first-order chi connectivity index (χ1) is 18.5. The van der Waals surface area contributed by atoms with Crippen LogP contribution in [0.1, 0.15) is 46.4 Å². The van der Waals surface area contributed by atoms with Gasteiger partial charge in [-0.3, -0.25) is 9.78 Å². The standard InChI is InChI=1S/C27H28N6O4S/c1-17-23(16-38-27-30-31-32-33(27)2)36-26(37-24(17)19-10-8-18(15-34)9-11-19)20-5-3-7-22(13-20)29-25(35)21-6-4-12-28-14-21/h3-14,17,23-24,26,34H,15-16H2,1-2H3,(H,29,35). The van der Waals surface area contributed by atoms with Crippen molar-refractivity contribution in [3.63, 3.8) is 0 Å². The summed E-state index contributed by atoms with van der Waals surface area (Å²) >= 11 is 1.52. The number of anilines is 1. The van der Waals surface area contributed by atoms with E-state index < -0.39 is 6.29 Å². The maximum Gasteiger partial charge on any atom is 0.257 e. The van der Waals surface area contributed by atoms with Gasteiger partial charge in [-0.25, -0.2) is 4.68 Å². The highest BCUT2D eigenvalue weighted by molar-refractivity contribution is 7.99. The molecule has 4 atom stereocenters. The SMILES string of the molecule is CC1C(CSc2nnnn2C)OC(c2cccc(NC(=O)c3cccnc3)c2)OC1c1ccc(CO)cc1. The number of nitrogens with one attached hydrogen (secondary N) is 1. The second-order valence-electron chi connectivity index (χ2n) is 9.04. The van der Waals surface area contributed by atoms with Crippen molar-refractivity contribution in [2.45, 2.75) is 37.2 Å². The molecule has 0 saturated carbocycles. The number of tetrazole rings is 1. The number of thioether (sulfide) groups is 1. The van der Waals surface area contributed by atoms with Gasteiger partial charge >= 0.3 is 0 Å². The molecule has 0 radical (unpaired) electrons. The molecule has 1 amide bonds. The van der Waals surface area contributed by atoms with Crippen molar-refractivity contribution in [1.82, 2.24) is 25.2 Å². The lowest BCUT2D eigenvalue weighted by molar-refractivity contribution is -0.268. The molecule has 5 rings (SSSR count). The van der Waals surface area contributed by atoms with Crippen molar-refractivity contribution in [2.24, 2.45) is 13.0 Å². The van der Waals surface area contributed by atoms with Gasteiger partial charge in [0.05, 0.1) is 24.4 Å². The van der Waals surface area contributed by atoms with E-state index in [1.807, 2.05) is 48.5 Å². The molecule has 4 aromatic rings. The van der Waals surface area contributed by atoms with Crippen molar-refractivity contribution >= 4 is 23.4 Å². The number of hydrogen-bond donors (Lipinski definition) is 2. The maximum atomic E-state index is 12.7. The van der Waals surface area contributed by atoms with Gasteiger partial charge in [0.2, 0.25) is 5.16 Å². The van der Waals surface area contributed by atoms with Gasteiger partial charge in [0.1, 0.15) is 0 Å². The first-order valence-corrected chi connectivity index (χ1v) is 13.2. The number of carbonyl (C=O) groups is 1. The Labute approximate surface area is 224 Å². The van der Waals surface area contributed by atoms with Gasteiger partial charge in [0.15, 0.2) is 6.29 Å². The van der Waals surface area contributed by atoms with Gasteiger partial charge in [-0.05, 0) is 45.8 Å². The second-order valence-corrected chi connectivity index (χ2v) is 10.0. The number of hydrogen-bond acceptors (Lipinski definition) is 9. The molecule has 0 bridgehead atoms. The molecule has 1 saturated heterocycles. The van der Waals surface area contributed by atoms with Gasteiger partial charge in [0.25, 0.3) is 5.91 Å². The summed E-state index contributed by atoms with van der Waals surface area (Å²) in [6, 6.07) is 18.7. The second kappa shape index (κ2) is 11.8. The molecular formula is C27H28N6O4S. The molecule has 11 heteroatoms. The van der Waals surface area contributed by atoms with Crippen LogP contribution in [0.2, 0.25) is 0 Å². The molecule has 3 heterocycles. The molecule has 0 aliphatic carbocycles. The predicted molar refractivity (Wildman–Crippen MR) is 141 cm³/mol. The van der Waals surface area contributed by atoms with Crippen LogP contribution in [-0.4, -0.2) is 48.1 Å². The number of benzene rings is 2. The molecule has 38 heavy (non-hydrogen) atoms. The summed E-state index contributed by atoms with van der Waals surface area (Å²) in [5.41, 5.74) is 3.72. The van der Waals surface area contributed by atoms with Gasteiger partial charge in [-0.1, -0.05) is 55.1 Å². The van der Waals surface area contributed by atoms with E-state index in [-0.39, 0.29) is 30.6 Å². The van der Waals surface area contributed by atoms with E-state index in [0.29, 0.717) is 22.2 Å². The summed E-state index contributed by atoms with van der Waals surface area (Å²) in [7, 11) is 1.80. The summed E-state index contributed by atoms with van der Waals surface area (Å²) in [6.07, 6.45) is 2.06. The van der Waals surface area contributed by atoms with Gasteiger partial charge in [-0.2, -0.15) is 0 Å². The minimum atomic E-state index is -0.660. The number of aliphatic hydroxyl groups is 1. The minimum Gasteiger partial charge on any atom is -0.392 e. The van der Waals surface area contributed by atoms with E-state index in [2.05, 4.69) is 32.7 Å². The lowest BCUT2D eigenvalue weighted by atomic mass is 9.91. The van der Waals surface area contributed by atoms with Crippen LogP contribution in [0.15, 0.2) is 78.2 Å². The van der Waals surface area contributed by atoms with Gasteiger partial charge < -0.3 is 19.9 Å². The van der Waals surface area contributed by atoms with Crippen LogP contribution in [0, 0.1) is 5.92 Å². The van der Waals surface area contributed by atoms with E-state index in [9.17, 15) is 9.90 Å². The summed E-state index contributed by atoms with van der Waals surface area (Å²) < 4.78 is 14.6. The number of ether oxygens (including phenoxy) is 2. The summed E-state index contributed by atoms with van der Waals surface area (Å²) in [4.78, 5) is 16.7. The minimum absolute atomic E-state index is 0.0182. The predicted octanol–water partition coefficient (Wildman–Crippen LogP) is 3.93. The molecule has 196 valence electrons. The number of aromatic nitrogens is 5. The van der Waals surface area contributed by atoms with Gasteiger partial charge in [0, 0.05) is 42.4 Å². The monoisotopic (exact) mass is 532 g/mol. The van der Waals surface area contributed by atoms with Crippen molar-refractivity contribution < 1.29 is 19.4 Å². The molecule has 0 spiro atoms. The van der Waals surface area contributed by atoms with Crippen LogP contribution < -0.4 is 5.32 Å². The summed E-state index contributed by atoms with van der Waals surface area (Å²) in [6.45, 7) is 2.08. The molecule has 4 unspecified atom stereocenters. The topological polar surface area (TPSA) is 124 Å². The van der Waals surface area contributed by atoms with Crippen molar-refractivity contribution in [1.29, 1.82) is 0 Å². The van der Waals surface area contributed by atoms with Crippen molar-refractivity contribution in [2.75, 3.05) is 11.1 Å². The smallest absolute Gasteiger partial charge is 0.257 e. The Bertz CT molecular complexity index is 1370. The first-order valence-electron chi connectivity index (χ1n) is 12.2. The summed E-state index contributed by atoms with van der Waals surface area (Å²) in [5, 5.41) is 24.8. The highest BCUT2D eigenvalue weighted by Gasteiger charge is 2.38. The Morgan fingerprint density at radius 3 is 2.66 bits per heavy atom. The van der Waals surface area contributed by atoms with Gasteiger partial charge in [-0.15, -0.1) is 5.10 Å². The fourth-order valence-corrected chi connectivity index (χ4v) is 5.29. The van der Waals surface area contributed by atoms with E-state index >= 15 is 0 Å². The van der Waals surface area contributed by atoms with Crippen LogP contribution in [-0.2, 0) is 23.1 Å². The number of amides is 1. The van der Waals surface area contributed by atoms with Crippen LogP contribution in [0.4, 0.5) is 5.69 Å². The van der Waals surface area contributed by atoms with E-state index in [4.69, 9.17) is 9.47 Å². The van der Waals surface area contributed by atoms with E-state index in [1.54, 1.807) is 30.1 Å². The Kier molecular flexibility index (Phi) is 8.08. The average molecular weight is 533 g/mol. The number of nitrogens with zero attached hydrogens (tertiary/aromatic N) is 5. The number of pyridine rings is 1. The zero-order valence-electron chi connectivity index (χ0n) is 21.0. The average Bonchev–Trinajstić information content (AvgIpc) is 3.37. The molecule has 1 aliphatic heterocycles. The normalized spacial score (nSPS) is 21.2. The molecule has 2 N–H and O–H groups in total. The maximum absolute atomic E-state index is 12.7. The third-order valence-electron chi connectivity index (χ3n) is 6.42. The molecular weight excluding hydrogens is 504 g/mol. The third kappa shape index (κ3) is 5.91. The van der Waals surface area contributed by atoms with Crippen LogP contribution >= 0.6 is 11.8 Å².